The molecule has 0 amide bonds. The van der Waals surface area contributed by atoms with Crippen molar-refractivity contribution >= 4 is 5.78 Å². The Morgan fingerprint density at radius 2 is 1.00 bits per heavy atom. The summed E-state index contributed by atoms with van der Waals surface area (Å²) in [6.07, 6.45) is 0.518. The molecule has 142 valence electrons. The van der Waals surface area contributed by atoms with E-state index in [2.05, 4.69) is 48.5 Å². The summed E-state index contributed by atoms with van der Waals surface area (Å²) in [6, 6.07) is 20.9. The number of carbonyl (C=O) groups is 1. The fourth-order valence-electron chi connectivity index (χ4n) is 8.17. The number of hydrogen-bond acceptors (Lipinski definition) is 3. The van der Waals surface area contributed by atoms with Gasteiger partial charge in [-0.2, -0.15) is 0 Å². The Bertz CT molecular complexity index is 850. The number of ketones is 1. The molecule has 0 radical (unpaired) electrons. The number of rotatable bonds is 6. The Kier molecular flexibility index (Phi) is 3.15. The minimum absolute atomic E-state index is 0.259. The largest absolute Gasteiger partial charge is 0.373 e. The van der Waals surface area contributed by atoms with Crippen LogP contribution in [0.15, 0.2) is 60.7 Å². The molecule has 0 aromatic heterocycles. The van der Waals surface area contributed by atoms with Gasteiger partial charge in [-0.15, -0.1) is 0 Å². The molecule has 0 spiro atoms. The Morgan fingerprint density at radius 3 is 1.43 bits per heavy atom. The highest BCUT2D eigenvalue weighted by molar-refractivity contribution is 5.92. The van der Waals surface area contributed by atoms with Gasteiger partial charge < -0.3 is 9.47 Å². The topological polar surface area (TPSA) is 35.5 Å². The first-order valence-corrected chi connectivity index (χ1v) is 10.7. The minimum Gasteiger partial charge on any atom is -0.373 e. The van der Waals surface area contributed by atoms with Crippen molar-refractivity contribution in [3.05, 3.63) is 71.8 Å². The van der Waals surface area contributed by atoms with Crippen molar-refractivity contribution in [1.82, 2.24) is 0 Å². The van der Waals surface area contributed by atoms with E-state index in [9.17, 15) is 4.79 Å². The second-order valence-corrected chi connectivity index (χ2v) is 9.44. The highest BCUT2D eigenvalue weighted by Gasteiger charge is 2.87. The van der Waals surface area contributed by atoms with Crippen molar-refractivity contribution < 1.29 is 14.3 Å². The highest BCUT2D eigenvalue weighted by atomic mass is 16.5. The molecule has 6 saturated carbocycles. The fraction of sp³-hybridized carbons (Fsp3) is 0.480. The maximum absolute atomic E-state index is 13.0. The second kappa shape index (κ2) is 5.55. The number of Topliss-reactive ketones (excluding diaryl/α,β-unsaturated/α-hetero) is 1. The lowest BCUT2D eigenvalue weighted by Gasteiger charge is -2.30. The number of ether oxygens (including phenoxy) is 2. The molecule has 6 aliphatic carbocycles. The first kappa shape index (κ1) is 15.9. The van der Waals surface area contributed by atoms with Crippen LogP contribution in [0.4, 0.5) is 0 Å². The molecule has 2 aromatic rings. The maximum Gasteiger partial charge on any atom is 0.140 e. The number of hydrogen-bond donors (Lipinski definition) is 0. The van der Waals surface area contributed by atoms with Gasteiger partial charge in [0.15, 0.2) is 0 Å². The van der Waals surface area contributed by atoms with Crippen molar-refractivity contribution in [2.45, 2.75) is 25.4 Å². The predicted molar refractivity (Wildman–Crippen MR) is 103 cm³/mol. The normalized spacial score (nSPS) is 45.8. The summed E-state index contributed by atoms with van der Waals surface area (Å²) >= 11 is 0. The number of benzene rings is 2. The summed E-state index contributed by atoms with van der Waals surface area (Å²) in [6.45, 7) is 1.33. The summed E-state index contributed by atoms with van der Waals surface area (Å²) in [5, 5.41) is 0. The van der Waals surface area contributed by atoms with Crippen LogP contribution in [-0.4, -0.2) is 18.0 Å². The summed E-state index contributed by atoms with van der Waals surface area (Å²) in [4.78, 5) is 13.0. The molecule has 0 saturated heterocycles. The molecule has 8 unspecified atom stereocenters. The molecule has 6 aliphatic rings. The van der Waals surface area contributed by atoms with E-state index in [-0.39, 0.29) is 24.0 Å². The molecule has 3 heteroatoms. The van der Waals surface area contributed by atoms with E-state index in [1.165, 1.54) is 11.1 Å². The van der Waals surface area contributed by atoms with Crippen molar-refractivity contribution in [1.29, 1.82) is 0 Å². The molecule has 3 nitrogen and oxygen atoms in total. The van der Waals surface area contributed by atoms with E-state index < -0.39 is 0 Å². The highest BCUT2D eigenvalue weighted by Crippen LogP contribution is 2.82. The Balaban J connectivity index is 1.14. The van der Waals surface area contributed by atoms with E-state index in [4.69, 9.17) is 9.47 Å². The van der Waals surface area contributed by atoms with Crippen LogP contribution in [0, 0.1) is 47.3 Å². The molecule has 10 atom stereocenters. The summed E-state index contributed by atoms with van der Waals surface area (Å²) in [5.74, 6) is 4.15. The van der Waals surface area contributed by atoms with Crippen LogP contribution in [0.1, 0.15) is 11.1 Å². The fourth-order valence-corrected chi connectivity index (χ4v) is 8.17. The molecular formula is C25H24O3. The van der Waals surface area contributed by atoms with Crippen LogP contribution in [0.5, 0.6) is 0 Å². The zero-order valence-electron chi connectivity index (χ0n) is 15.7. The van der Waals surface area contributed by atoms with Crippen LogP contribution >= 0.6 is 0 Å². The minimum atomic E-state index is 0.259. The van der Waals surface area contributed by atoms with Crippen molar-refractivity contribution in [2.75, 3.05) is 0 Å². The first-order valence-electron chi connectivity index (χ1n) is 10.7. The predicted octanol–water partition coefficient (Wildman–Crippen LogP) is 3.72. The van der Waals surface area contributed by atoms with Gasteiger partial charge in [0.25, 0.3) is 0 Å². The Morgan fingerprint density at radius 1 is 0.571 bits per heavy atom. The zero-order chi connectivity index (χ0) is 18.4. The summed E-state index contributed by atoms with van der Waals surface area (Å²) in [7, 11) is 0. The summed E-state index contributed by atoms with van der Waals surface area (Å²) < 4.78 is 13.0. The quantitative estimate of drug-likeness (QED) is 0.775. The number of carbonyl (C=O) groups excluding carboxylic acids is 1. The van der Waals surface area contributed by atoms with E-state index in [1.807, 2.05) is 12.1 Å². The molecule has 6 bridgehead atoms. The average molecular weight is 372 g/mol. The lowest BCUT2D eigenvalue weighted by Crippen LogP contribution is -2.30. The van der Waals surface area contributed by atoms with Crippen molar-refractivity contribution in [3.8, 4) is 0 Å². The standard InChI is InChI=1S/C25H24O3/c26-23-17-16-20-18(23)15-19(17)24(27-11-13-7-3-1-4-8-13)21(16)22(15)25(20)28-12-14-9-5-2-6-10-14/h1-10,15-22,24-25H,11-12H2/t15?,16?,17?,18?,19?,20?,21?,22?,24-,25-/m0/s1. The van der Waals surface area contributed by atoms with Crippen LogP contribution in [0.3, 0.4) is 0 Å². The third kappa shape index (κ3) is 1.80. The average Bonchev–Trinajstić information content (AvgIpc) is 3.48. The van der Waals surface area contributed by atoms with E-state index in [1.54, 1.807) is 0 Å². The van der Waals surface area contributed by atoms with Gasteiger partial charge in [0.2, 0.25) is 0 Å². The molecule has 8 rings (SSSR count). The molecule has 0 N–H and O–H groups in total. The molecule has 2 aromatic carbocycles. The van der Waals surface area contributed by atoms with Gasteiger partial charge in [0, 0.05) is 11.8 Å². The molecule has 28 heavy (non-hydrogen) atoms. The van der Waals surface area contributed by atoms with Crippen LogP contribution in [-0.2, 0) is 27.5 Å². The van der Waals surface area contributed by atoms with Crippen LogP contribution in [0.2, 0.25) is 0 Å². The second-order valence-electron chi connectivity index (χ2n) is 9.44. The first-order chi connectivity index (χ1) is 13.8. The van der Waals surface area contributed by atoms with Crippen LogP contribution in [0.25, 0.3) is 0 Å². The molecular weight excluding hydrogens is 348 g/mol. The van der Waals surface area contributed by atoms with E-state index in [0.29, 0.717) is 54.5 Å². The smallest absolute Gasteiger partial charge is 0.140 e. The van der Waals surface area contributed by atoms with Crippen molar-refractivity contribution in [3.63, 3.8) is 0 Å². The lowest BCUT2D eigenvalue weighted by molar-refractivity contribution is -0.122. The zero-order valence-corrected chi connectivity index (χ0v) is 15.7. The Labute approximate surface area is 165 Å². The molecule has 0 aliphatic heterocycles. The Hall–Kier alpha value is -1.97. The van der Waals surface area contributed by atoms with Gasteiger partial charge >= 0.3 is 0 Å². The maximum atomic E-state index is 13.0. The van der Waals surface area contributed by atoms with E-state index >= 15 is 0 Å². The van der Waals surface area contributed by atoms with E-state index in [0.717, 1.165) is 0 Å². The van der Waals surface area contributed by atoms with Gasteiger partial charge in [-0.3, -0.25) is 4.79 Å². The van der Waals surface area contributed by atoms with Gasteiger partial charge in [-0.05, 0) is 46.6 Å². The molecule has 0 heterocycles. The third-order valence-corrected chi connectivity index (χ3v) is 8.63. The van der Waals surface area contributed by atoms with Crippen molar-refractivity contribution in [2.24, 2.45) is 47.3 Å². The van der Waals surface area contributed by atoms with Gasteiger partial charge in [0.05, 0.1) is 25.4 Å². The van der Waals surface area contributed by atoms with Gasteiger partial charge in [-0.1, -0.05) is 60.7 Å². The SMILES string of the molecule is O=C1C2C3C4C1C1C2[C@H](OCc2ccccc2)C3C1[C@H]4OCc1ccccc1. The third-order valence-electron chi connectivity index (χ3n) is 8.63. The van der Waals surface area contributed by atoms with Gasteiger partial charge in [-0.25, -0.2) is 0 Å². The monoisotopic (exact) mass is 372 g/mol. The summed E-state index contributed by atoms with van der Waals surface area (Å²) in [5.41, 5.74) is 2.45. The molecule has 6 fully saturated rings. The lowest BCUT2D eigenvalue weighted by atomic mass is 9.71. The van der Waals surface area contributed by atoms with Crippen LogP contribution < -0.4 is 0 Å². The van der Waals surface area contributed by atoms with Gasteiger partial charge in [0.1, 0.15) is 5.78 Å².